The molecular weight excluding hydrogens is 540 g/mol. The van der Waals surface area contributed by atoms with E-state index in [0.29, 0.717) is 37.0 Å². The van der Waals surface area contributed by atoms with Gasteiger partial charge in [0.25, 0.3) is 0 Å². The summed E-state index contributed by atoms with van der Waals surface area (Å²) in [7, 11) is 0. The van der Waals surface area contributed by atoms with Gasteiger partial charge in [0.05, 0.1) is 12.4 Å². The zero-order chi connectivity index (χ0) is 28.6. The predicted octanol–water partition coefficient (Wildman–Crippen LogP) is 5.44. The van der Waals surface area contributed by atoms with Crippen LogP contribution in [0.4, 0.5) is 0 Å². The molecule has 2 aromatic carbocycles. The molecule has 0 N–H and O–H groups in total. The molecule has 2 fully saturated rings. The molecule has 2 amide bonds. The van der Waals surface area contributed by atoms with E-state index in [1.54, 1.807) is 29.4 Å². The number of nitrogens with zero attached hydrogens (tertiary/aromatic N) is 4. The van der Waals surface area contributed by atoms with Gasteiger partial charge in [-0.3, -0.25) is 9.59 Å². The molecule has 0 spiro atoms. The van der Waals surface area contributed by atoms with Crippen LogP contribution < -0.4 is 9.47 Å². The molecule has 2 saturated heterocycles. The highest BCUT2D eigenvalue weighted by atomic mass is 35.5. The minimum Gasteiger partial charge on any atom is -0.490 e. The standard InChI is InChI=1S/C32H33ClN4O4/c1-2-31(38)36-17-14-27(15-18-36)41-30-9-3-23(21-29(30)24-5-7-25(33)8-6-24)4-10-32(39)37-19-12-26(13-20-37)40-28-11-16-34-35-22-28/h2-11,16,21-22,26-27H,1,12-15,17-20H2/b10-4+. The van der Waals surface area contributed by atoms with Crippen molar-refractivity contribution in [3.8, 4) is 22.6 Å². The summed E-state index contributed by atoms with van der Waals surface area (Å²) in [5.74, 6) is 1.39. The fourth-order valence-corrected chi connectivity index (χ4v) is 5.25. The smallest absolute Gasteiger partial charge is 0.246 e. The molecule has 0 atom stereocenters. The Labute approximate surface area is 245 Å². The van der Waals surface area contributed by atoms with E-state index in [9.17, 15) is 9.59 Å². The molecule has 2 aliphatic rings. The van der Waals surface area contributed by atoms with Crippen molar-refractivity contribution >= 4 is 29.5 Å². The summed E-state index contributed by atoms with van der Waals surface area (Å²) < 4.78 is 12.4. The van der Waals surface area contributed by atoms with Crippen molar-refractivity contribution in [2.45, 2.75) is 37.9 Å². The molecular formula is C32H33ClN4O4. The van der Waals surface area contributed by atoms with E-state index in [2.05, 4.69) is 16.8 Å². The topological polar surface area (TPSA) is 84.9 Å². The summed E-state index contributed by atoms with van der Waals surface area (Å²) in [6.07, 6.45) is 11.1. The van der Waals surface area contributed by atoms with E-state index in [0.717, 1.165) is 48.1 Å². The lowest BCUT2D eigenvalue weighted by Crippen LogP contribution is -2.41. The molecule has 3 heterocycles. The Bertz CT molecular complexity index is 1380. The molecule has 212 valence electrons. The summed E-state index contributed by atoms with van der Waals surface area (Å²) in [6.45, 7) is 6.12. The molecule has 0 radical (unpaired) electrons. The average Bonchev–Trinajstić information content (AvgIpc) is 3.01. The maximum absolute atomic E-state index is 13.0. The molecule has 9 heteroatoms. The van der Waals surface area contributed by atoms with Crippen LogP contribution >= 0.6 is 11.6 Å². The first kappa shape index (κ1) is 28.4. The van der Waals surface area contributed by atoms with Crippen LogP contribution in [0.3, 0.4) is 0 Å². The monoisotopic (exact) mass is 572 g/mol. The Morgan fingerprint density at radius 2 is 1.51 bits per heavy atom. The average molecular weight is 573 g/mol. The SMILES string of the molecule is C=CC(=O)N1CCC(Oc2ccc(/C=C/C(=O)N3CCC(Oc4ccnnc4)CC3)cc2-c2ccc(Cl)cc2)CC1. The highest BCUT2D eigenvalue weighted by Gasteiger charge is 2.24. The Morgan fingerprint density at radius 1 is 0.854 bits per heavy atom. The van der Waals surface area contributed by atoms with Gasteiger partial charge in [0.1, 0.15) is 23.7 Å². The number of carbonyl (C=O) groups excluding carboxylic acids is 2. The van der Waals surface area contributed by atoms with Gasteiger partial charge in [-0.1, -0.05) is 36.4 Å². The summed E-state index contributed by atoms with van der Waals surface area (Å²) in [4.78, 5) is 28.5. The van der Waals surface area contributed by atoms with Gasteiger partial charge < -0.3 is 19.3 Å². The molecule has 0 aliphatic carbocycles. The van der Waals surface area contributed by atoms with E-state index in [-0.39, 0.29) is 24.0 Å². The van der Waals surface area contributed by atoms with Crippen LogP contribution in [0.25, 0.3) is 17.2 Å². The van der Waals surface area contributed by atoms with Crippen LogP contribution in [-0.4, -0.2) is 70.2 Å². The maximum atomic E-state index is 13.0. The van der Waals surface area contributed by atoms with Crippen LogP contribution in [0.5, 0.6) is 11.5 Å². The Balaban J connectivity index is 1.24. The Kier molecular flexibility index (Phi) is 9.31. The lowest BCUT2D eigenvalue weighted by atomic mass is 10.0. The molecule has 0 bridgehead atoms. The third-order valence-electron chi connectivity index (χ3n) is 7.41. The van der Waals surface area contributed by atoms with Crippen molar-refractivity contribution in [3.05, 3.63) is 90.2 Å². The second-order valence-corrected chi connectivity index (χ2v) is 10.6. The fraction of sp³-hybridized carbons (Fsp3) is 0.312. The molecule has 2 aliphatic heterocycles. The predicted molar refractivity (Wildman–Crippen MR) is 159 cm³/mol. The van der Waals surface area contributed by atoms with Crippen LogP contribution in [0, 0.1) is 0 Å². The largest absolute Gasteiger partial charge is 0.490 e. The third kappa shape index (κ3) is 7.52. The van der Waals surface area contributed by atoms with Crippen molar-refractivity contribution in [2.24, 2.45) is 0 Å². The van der Waals surface area contributed by atoms with Gasteiger partial charge in [0, 0.05) is 74.6 Å². The van der Waals surface area contributed by atoms with Gasteiger partial charge in [-0.15, -0.1) is 0 Å². The van der Waals surface area contributed by atoms with E-state index in [1.165, 1.54) is 6.08 Å². The van der Waals surface area contributed by atoms with Gasteiger partial charge in [-0.05, 0) is 47.5 Å². The van der Waals surface area contributed by atoms with Crippen molar-refractivity contribution in [3.63, 3.8) is 0 Å². The summed E-state index contributed by atoms with van der Waals surface area (Å²) in [5.41, 5.74) is 2.78. The molecule has 8 nitrogen and oxygen atoms in total. The normalized spacial score (nSPS) is 16.5. The van der Waals surface area contributed by atoms with Crippen LogP contribution in [0.2, 0.25) is 5.02 Å². The second kappa shape index (κ2) is 13.5. The number of rotatable bonds is 8. The summed E-state index contributed by atoms with van der Waals surface area (Å²) in [5, 5.41) is 8.27. The van der Waals surface area contributed by atoms with Gasteiger partial charge in [0.15, 0.2) is 0 Å². The number of carbonyl (C=O) groups is 2. The Hall–Kier alpha value is -4.17. The number of hydrogen-bond donors (Lipinski definition) is 0. The zero-order valence-corrected chi connectivity index (χ0v) is 23.6. The Morgan fingerprint density at radius 3 is 2.15 bits per heavy atom. The third-order valence-corrected chi connectivity index (χ3v) is 7.66. The lowest BCUT2D eigenvalue weighted by molar-refractivity contribution is -0.128. The molecule has 3 aromatic rings. The van der Waals surface area contributed by atoms with Gasteiger partial charge in [-0.2, -0.15) is 10.2 Å². The first-order valence-electron chi connectivity index (χ1n) is 13.9. The van der Waals surface area contributed by atoms with Crippen LogP contribution in [-0.2, 0) is 9.59 Å². The number of benzene rings is 2. The number of halogens is 1. The fourth-order valence-electron chi connectivity index (χ4n) is 5.12. The molecule has 41 heavy (non-hydrogen) atoms. The molecule has 0 saturated carbocycles. The van der Waals surface area contributed by atoms with Crippen LogP contribution in [0.1, 0.15) is 31.2 Å². The number of ether oxygens (including phenoxy) is 2. The van der Waals surface area contributed by atoms with Crippen molar-refractivity contribution in [1.82, 2.24) is 20.0 Å². The van der Waals surface area contributed by atoms with E-state index >= 15 is 0 Å². The summed E-state index contributed by atoms with van der Waals surface area (Å²) in [6, 6.07) is 15.4. The van der Waals surface area contributed by atoms with Gasteiger partial charge in [-0.25, -0.2) is 0 Å². The molecule has 1 aromatic heterocycles. The van der Waals surface area contributed by atoms with E-state index in [4.69, 9.17) is 21.1 Å². The van der Waals surface area contributed by atoms with E-state index in [1.807, 2.05) is 53.4 Å². The second-order valence-electron chi connectivity index (χ2n) is 10.2. The molecule has 0 unspecified atom stereocenters. The van der Waals surface area contributed by atoms with Gasteiger partial charge >= 0.3 is 0 Å². The first-order chi connectivity index (χ1) is 20.0. The van der Waals surface area contributed by atoms with Crippen molar-refractivity contribution in [2.75, 3.05) is 26.2 Å². The number of amides is 2. The highest BCUT2D eigenvalue weighted by molar-refractivity contribution is 6.30. The van der Waals surface area contributed by atoms with E-state index < -0.39 is 0 Å². The quantitative estimate of drug-likeness (QED) is 0.334. The first-order valence-corrected chi connectivity index (χ1v) is 14.2. The number of likely N-dealkylation sites (tertiary alicyclic amines) is 2. The molecule has 5 rings (SSSR count). The van der Waals surface area contributed by atoms with Crippen molar-refractivity contribution in [1.29, 1.82) is 0 Å². The number of piperidine rings is 2. The minimum absolute atomic E-state index is 0.000358. The maximum Gasteiger partial charge on any atom is 0.246 e. The number of hydrogen-bond acceptors (Lipinski definition) is 6. The lowest BCUT2D eigenvalue weighted by Gasteiger charge is -2.32. The minimum atomic E-state index is -0.0452. The van der Waals surface area contributed by atoms with Crippen LogP contribution in [0.15, 0.2) is 79.7 Å². The zero-order valence-electron chi connectivity index (χ0n) is 22.8. The summed E-state index contributed by atoms with van der Waals surface area (Å²) >= 11 is 6.15. The van der Waals surface area contributed by atoms with Crippen molar-refractivity contribution < 1.29 is 19.1 Å². The highest BCUT2D eigenvalue weighted by Crippen LogP contribution is 2.34. The van der Waals surface area contributed by atoms with Gasteiger partial charge in [0.2, 0.25) is 11.8 Å². The number of aromatic nitrogens is 2.